The molecule has 0 fully saturated rings. The quantitative estimate of drug-likeness (QED) is 0.300. The number of anilines is 2. The van der Waals surface area contributed by atoms with Crippen molar-refractivity contribution in [2.24, 2.45) is 5.73 Å². The van der Waals surface area contributed by atoms with E-state index in [-0.39, 0.29) is 11.7 Å². The van der Waals surface area contributed by atoms with Crippen LogP contribution in [-0.2, 0) is 11.2 Å². The van der Waals surface area contributed by atoms with Crippen LogP contribution in [0.15, 0.2) is 55.0 Å². The summed E-state index contributed by atoms with van der Waals surface area (Å²) < 4.78 is 21.2. The number of aromatic nitrogens is 3. The minimum atomic E-state index is -0.290. The summed E-state index contributed by atoms with van der Waals surface area (Å²) in [7, 11) is 0. The minimum absolute atomic E-state index is 0.145. The summed E-state index contributed by atoms with van der Waals surface area (Å²) in [5.74, 6) is 0.123. The molecule has 0 unspecified atom stereocenters. The molecule has 4 rings (SSSR count). The van der Waals surface area contributed by atoms with Crippen LogP contribution in [0.1, 0.15) is 28.4 Å². The van der Waals surface area contributed by atoms with Crippen LogP contribution in [0.3, 0.4) is 0 Å². The van der Waals surface area contributed by atoms with Gasteiger partial charge in [-0.2, -0.15) is 0 Å². The number of halogens is 1. The number of benzene rings is 2. The molecule has 2 aromatic heterocycles. The van der Waals surface area contributed by atoms with E-state index in [0.29, 0.717) is 49.8 Å². The fourth-order valence-electron chi connectivity index (χ4n) is 3.94. The summed E-state index contributed by atoms with van der Waals surface area (Å²) in [5, 5.41) is 6.18. The Morgan fingerprint density at radius 2 is 2.03 bits per heavy atom. The molecule has 1 amide bonds. The molecule has 0 spiro atoms. The predicted octanol–water partition coefficient (Wildman–Crippen LogP) is 3.85. The molecule has 182 valence electrons. The molecule has 4 N–H and O–H groups in total. The molecular weight excluding hydrogens is 447 g/mol. The van der Waals surface area contributed by atoms with Gasteiger partial charge in [-0.05, 0) is 60.9 Å². The van der Waals surface area contributed by atoms with Crippen LogP contribution < -0.4 is 16.4 Å². The summed E-state index contributed by atoms with van der Waals surface area (Å²) >= 11 is 0. The molecule has 0 saturated carbocycles. The molecule has 2 heterocycles. The van der Waals surface area contributed by atoms with Crippen molar-refractivity contribution >= 4 is 23.1 Å². The Balaban J connectivity index is 1.55. The van der Waals surface area contributed by atoms with E-state index in [1.165, 1.54) is 12.1 Å². The molecule has 9 heteroatoms. The number of ether oxygens (including phenoxy) is 1. The Morgan fingerprint density at radius 3 is 2.80 bits per heavy atom. The number of carbonyl (C=O) groups excluding carboxylic acids is 1. The second kappa shape index (κ2) is 11.1. The highest BCUT2D eigenvalue weighted by atomic mass is 19.1. The number of rotatable bonds is 10. The zero-order chi connectivity index (χ0) is 24.8. The van der Waals surface area contributed by atoms with E-state index in [4.69, 9.17) is 10.5 Å². The van der Waals surface area contributed by atoms with Crippen molar-refractivity contribution in [2.75, 3.05) is 31.6 Å². The fourth-order valence-corrected chi connectivity index (χ4v) is 3.94. The normalized spacial score (nSPS) is 11.1. The van der Waals surface area contributed by atoms with Gasteiger partial charge in [-0.1, -0.05) is 6.92 Å². The van der Waals surface area contributed by atoms with E-state index < -0.39 is 0 Å². The largest absolute Gasteiger partial charge is 0.378 e. The van der Waals surface area contributed by atoms with Crippen molar-refractivity contribution in [3.63, 3.8) is 0 Å². The molecule has 0 bridgehead atoms. The van der Waals surface area contributed by atoms with Crippen LogP contribution in [0.25, 0.3) is 16.9 Å². The number of aryl methyl sites for hydroxylation is 2. The molecule has 0 aliphatic rings. The van der Waals surface area contributed by atoms with Crippen LogP contribution in [0.2, 0.25) is 0 Å². The highest BCUT2D eigenvalue weighted by Crippen LogP contribution is 2.27. The van der Waals surface area contributed by atoms with Gasteiger partial charge in [0.15, 0.2) is 11.5 Å². The van der Waals surface area contributed by atoms with Crippen LogP contribution >= 0.6 is 0 Å². The van der Waals surface area contributed by atoms with Gasteiger partial charge in [0.05, 0.1) is 25.1 Å². The molecule has 35 heavy (non-hydrogen) atoms. The second-order valence-electron chi connectivity index (χ2n) is 8.14. The maximum Gasteiger partial charge on any atom is 0.251 e. The lowest BCUT2D eigenvalue weighted by molar-refractivity contribution is 0.0919. The molecule has 4 aromatic rings. The molecule has 0 radical (unpaired) electrons. The molecule has 2 aromatic carbocycles. The Hall–Kier alpha value is -3.82. The van der Waals surface area contributed by atoms with E-state index in [1.807, 2.05) is 36.4 Å². The molecule has 0 atom stereocenters. The second-order valence-corrected chi connectivity index (χ2v) is 8.14. The lowest BCUT2D eigenvalue weighted by Crippen LogP contribution is -2.28. The van der Waals surface area contributed by atoms with Crippen molar-refractivity contribution in [1.82, 2.24) is 19.7 Å². The maximum absolute atomic E-state index is 14.0. The Labute approximate surface area is 203 Å². The molecule has 0 aliphatic carbocycles. The summed E-state index contributed by atoms with van der Waals surface area (Å²) in [6.45, 7) is 5.62. The number of hydrogen-bond donors (Lipinski definition) is 3. The van der Waals surface area contributed by atoms with Crippen molar-refractivity contribution in [3.8, 4) is 11.3 Å². The van der Waals surface area contributed by atoms with Crippen molar-refractivity contribution in [2.45, 2.75) is 20.3 Å². The first-order valence-corrected chi connectivity index (χ1v) is 11.6. The first-order chi connectivity index (χ1) is 17.0. The van der Waals surface area contributed by atoms with Gasteiger partial charge in [0.1, 0.15) is 5.82 Å². The summed E-state index contributed by atoms with van der Waals surface area (Å²) in [4.78, 5) is 21.6. The SMILES string of the molecule is CCc1cc(Nc2nccn3c(-c4cc(C)cc(F)c4)cnc23)ccc1C(=O)NCCOCCN. The Bertz CT molecular complexity index is 1320. The average Bonchev–Trinajstić information content (AvgIpc) is 3.28. The van der Waals surface area contributed by atoms with E-state index in [9.17, 15) is 9.18 Å². The highest BCUT2D eigenvalue weighted by molar-refractivity contribution is 5.96. The predicted molar refractivity (Wildman–Crippen MR) is 134 cm³/mol. The van der Waals surface area contributed by atoms with Crippen molar-refractivity contribution in [1.29, 1.82) is 0 Å². The smallest absolute Gasteiger partial charge is 0.251 e. The van der Waals surface area contributed by atoms with Gasteiger partial charge in [-0.3, -0.25) is 9.20 Å². The number of carbonyl (C=O) groups is 1. The molecule has 0 aliphatic heterocycles. The van der Waals surface area contributed by atoms with E-state index in [1.54, 1.807) is 24.7 Å². The maximum atomic E-state index is 14.0. The topological polar surface area (TPSA) is 107 Å². The number of imidazole rings is 1. The number of nitrogens with one attached hydrogen (secondary N) is 2. The van der Waals surface area contributed by atoms with E-state index in [0.717, 1.165) is 28.1 Å². The van der Waals surface area contributed by atoms with Crippen molar-refractivity contribution in [3.05, 3.63) is 77.5 Å². The van der Waals surface area contributed by atoms with Gasteiger partial charge >= 0.3 is 0 Å². The molecule has 0 saturated heterocycles. The summed E-state index contributed by atoms with van der Waals surface area (Å²) in [5.41, 5.74) is 10.7. The fraction of sp³-hybridized carbons (Fsp3) is 0.269. The van der Waals surface area contributed by atoms with Gasteiger partial charge in [0.25, 0.3) is 5.91 Å². The zero-order valence-electron chi connectivity index (χ0n) is 19.8. The third kappa shape index (κ3) is 5.64. The van der Waals surface area contributed by atoms with Gasteiger partial charge < -0.3 is 21.1 Å². The average molecular weight is 477 g/mol. The van der Waals surface area contributed by atoms with Gasteiger partial charge in [-0.15, -0.1) is 0 Å². The van der Waals surface area contributed by atoms with Crippen LogP contribution in [0.4, 0.5) is 15.9 Å². The molecular formula is C26H29FN6O2. The van der Waals surface area contributed by atoms with Crippen molar-refractivity contribution < 1.29 is 13.9 Å². The first-order valence-electron chi connectivity index (χ1n) is 11.6. The standard InChI is InChI=1S/C26H29FN6O2/c1-3-18-15-21(4-5-22(18)26(34)30-8-11-35-10-6-28)32-24-25-31-16-23(33(25)9-7-29-24)19-12-17(2)13-20(27)14-19/h4-5,7,9,12-16H,3,6,8,10-11,28H2,1-2H3,(H,29,32)(H,30,34). The van der Waals surface area contributed by atoms with Crippen LogP contribution in [0, 0.1) is 12.7 Å². The summed E-state index contributed by atoms with van der Waals surface area (Å²) in [6, 6.07) is 10.5. The van der Waals surface area contributed by atoms with Crippen LogP contribution in [0.5, 0.6) is 0 Å². The zero-order valence-corrected chi connectivity index (χ0v) is 19.8. The third-order valence-electron chi connectivity index (χ3n) is 5.55. The monoisotopic (exact) mass is 476 g/mol. The number of amides is 1. The Kier molecular flexibility index (Phi) is 7.69. The number of nitrogens with zero attached hydrogens (tertiary/aromatic N) is 3. The van der Waals surface area contributed by atoms with Gasteiger partial charge in [-0.25, -0.2) is 14.4 Å². The first kappa shape index (κ1) is 24.3. The minimum Gasteiger partial charge on any atom is -0.378 e. The highest BCUT2D eigenvalue weighted by Gasteiger charge is 2.14. The lowest BCUT2D eigenvalue weighted by atomic mass is 10.0. The Morgan fingerprint density at radius 1 is 1.17 bits per heavy atom. The van der Waals surface area contributed by atoms with Gasteiger partial charge in [0, 0.05) is 42.3 Å². The number of nitrogens with two attached hydrogens (primary N) is 1. The van der Waals surface area contributed by atoms with Crippen LogP contribution in [-0.4, -0.2) is 46.6 Å². The third-order valence-corrected chi connectivity index (χ3v) is 5.55. The molecule has 8 nitrogen and oxygen atoms in total. The number of hydrogen-bond acceptors (Lipinski definition) is 6. The van der Waals surface area contributed by atoms with Gasteiger partial charge in [0.2, 0.25) is 0 Å². The number of fused-ring (bicyclic) bond motifs is 1. The van der Waals surface area contributed by atoms with E-state index >= 15 is 0 Å². The lowest BCUT2D eigenvalue weighted by Gasteiger charge is -2.13. The van der Waals surface area contributed by atoms with E-state index in [2.05, 4.69) is 20.6 Å². The summed E-state index contributed by atoms with van der Waals surface area (Å²) in [6.07, 6.45) is 5.86.